The molecule has 74 valence electrons. The summed E-state index contributed by atoms with van der Waals surface area (Å²) < 4.78 is 2.05. The maximum atomic E-state index is 4.44. The summed E-state index contributed by atoms with van der Waals surface area (Å²) in [5, 5.41) is 0. The fraction of sp³-hybridized carbons (Fsp3) is 0.167. The van der Waals surface area contributed by atoms with Crippen LogP contribution in [0.5, 0.6) is 0 Å². The van der Waals surface area contributed by atoms with Crippen molar-refractivity contribution in [2.75, 3.05) is 0 Å². The van der Waals surface area contributed by atoms with Gasteiger partial charge in [0, 0.05) is 12.4 Å². The number of hydrogen-bond acceptors (Lipinski definition) is 2. The number of para-hydroxylation sites is 2. The molecule has 3 nitrogen and oxygen atoms in total. The van der Waals surface area contributed by atoms with Gasteiger partial charge in [-0.15, -0.1) is 0 Å². The van der Waals surface area contributed by atoms with E-state index in [9.17, 15) is 0 Å². The van der Waals surface area contributed by atoms with E-state index in [-0.39, 0.29) is 0 Å². The molecule has 0 radical (unpaired) electrons. The van der Waals surface area contributed by atoms with Crippen molar-refractivity contribution < 1.29 is 0 Å². The minimum absolute atomic E-state index is 0.772. The first kappa shape index (κ1) is 8.41. The van der Waals surface area contributed by atoms with Gasteiger partial charge in [0.15, 0.2) is 0 Å². The Morgan fingerprint density at radius 3 is 3.00 bits per heavy atom. The molecule has 0 spiro atoms. The Morgan fingerprint density at radius 1 is 1.27 bits per heavy atom. The minimum atomic E-state index is 0.772. The average Bonchev–Trinajstić information content (AvgIpc) is 2.66. The third-order valence-corrected chi connectivity index (χ3v) is 2.63. The number of fused-ring (bicyclic) bond motifs is 3. The molecule has 0 atom stereocenters. The second kappa shape index (κ2) is 3.05. The van der Waals surface area contributed by atoms with Crippen LogP contribution >= 0.6 is 0 Å². The summed E-state index contributed by atoms with van der Waals surface area (Å²) in [5.74, 6) is 0.772. The van der Waals surface area contributed by atoms with Crippen molar-refractivity contribution in [3.8, 4) is 0 Å². The SMILES string of the molecule is CCc1cnc2nc3ccccc3n2c1. The zero-order chi connectivity index (χ0) is 10.3. The molecular weight excluding hydrogens is 186 g/mol. The van der Waals surface area contributed by atoms with Crippen LogP contribution in [0.25, 0.3) is 16.8 Å². The van der Waals surface area contributed by atoms with Crippen LogP contribution in [-0.4, -0.2) is 14.4 Å². The molecule has 3 aromatic rings. The van der Waals surface area contributed by atoms with Crippen LogP contribution in [0.4, 0.5) is 0 Å². The highest BCUT2D eigenvalue weighted by Crippen LogP contribution is 2.15. The molecule has 0 N–H and O–H groups in total. The summed E-state index contributed by atoms with van der Waals surface area (Å²) in [7, 11) is 0. The highest BCUT2D eigenvalue weighted by Gasteiger charge is 2.04. The zero-order valence-electron chi connectivity index (χ0n) is 8.51. The fourth-order valence-electron chi connectivity index (χ4n) is 1.77. The van der Waals surface area contributed by atoms with E-state index in [0.717, 1.165) is 23.2 Å². The highest BCUT2D eigenvalue weighted by molar-refractivity contribution is 5.79. The van der Waals surface area contributed by atoms with Gasteiger partial charge in [-0.3, -0.25) is 4.40 Å². The van der Waals surface area contributed by atoms with E-state index >= 15 is 0 Å². The molecule has 0 aliphatic carbocycles. The Morgan fingerprint density at radius 2 is 2.13 bits per heavy atom. The summed E-state index contributed by atoms with van der Waals surface area (Å²) in [6.45, 7) is 2.13. The molecule has 2 aromatic heterocycles. The van der Waals surface area contributed by atoms with Gasteiger partial charge in [-0.2, -0.15) is 0 Å². The molecule has 0 saturated heterocycles. The summed E-state index contributed by atoms with van der Waals surface area (Å²) in [5.41, 5.74) is 3.35. The monoisotopic (exact) mass is 197 g/mol. The number of aryl methyl sites for hydroxylation is 1. The topological polar surface area (TPSA) is 30.2 Å². The van der Waals surface area contributed by atoms with Crippen LogP contribution in [0.15, 0.2) is 36.7 Å². The molecule has 0 unspecified atom stereocenters. The number of hydrogen-bond donors (Lipinski definition) is 0. The van der Waals surface area contributed by atoms with Gasteiger partial charge in [-0.1, -0.05) is 19.1 Å². The number of rotatable bonds is 1. The Kier molecular flexibility index (Phi) is 1.71. The molecule has 0 amide bonds. The van der Waals surface area contributed by atoms with Gasteiger partial charge < -0.3 is 0 Å². The summed E-state index contributed by atoms with van der Waals surface area (Å²) in [6, 6.07) is 8.09. The molecule has 3 heteroatoms. The highest BCUT2D eigenvalue weighted by atomic mass is 15.1. The van der Waals surface area contributed by atoms with Gasteiger partial charge in [0.1, 0.15) is 0 Å². The molecule has 0 aliphatic heterocycles. The van der Waals surface area contributed by atoms with Gasteiger partial charge in [-0.25, -0.2) is 9.97 Å². The molecule has 3 rings (SSSR count). The smallest absolute Gasteiger partial charge is 0.234 e. The van der Waals surface area contributed by atoms with Crippen LogP contribution in [0.1, 0.15) is 12.5 Å². The molecule has 0 saturated carbocycles. The number of benzene rings is 1. The van der Waals surface area contributed by atoms with E-state index in [1.165, 1.54) is 5.56 Å². The Labute approximate surface area is 87.4 Å². The summed E-state index contributed by atoms with van der Waals surface area (Å²) in [4.78, 5) is 8.78. The van der Waals surface area contributed by atoms with E-state index in [1.54, 1.807) is 0 Å². The van der Waals surface area contributed by atoms with Gasteiger partial charge >= 0.3 is 0 Å². The lowest BCUT2D eigenvalue weighted by Crippen LogP contribution is -1.91. The van der Waals surface area contributed by atoms with E-state index in [1.807, 2.05) is 28.8 Å². The quantitative estimate of drug-likeness (QED) is 0.599. The van der Waals surface area contributed by atoms with Gasteiger partial charge in [0.2, 0.25) is 5.78 Å². The first-order chi connectivity index (χ1) is 7.38. The summed E-state index contributed by atoms with van der Waals surface area (Å²) in [6.07, 6.45) is 4.99. The van der Waals surface area contributed by atoms with Crippen molar-refractivity contribution in [2.45, 2.75) is 13.3 Å². The average molecular weight is 197 g/mol. The van der Waals surface area contributed by atoms with Crippen LogP contribution in [-0.2, 0) is 6.42 Å². The predicted octanol–water partition coefficient (Wildman–Crippen LogP) is 2.44. The van der Waals surface area contributed by atoms with Gasteiger partial charge in [0.25, 0.3) is 0 Å². The molecule has 15 heavy (non-hydrogen) atoms. The lowest BCUT2D eigenvalue weighted by molar-refractivity contribution is 1.03. The van der Waals surface area contributed by atoms with E-state index in [0.29, 0.717) is 0 Å². The largest absolute Gasteiger partial charge is 0.283 e. The minimum Gasteiger partial charge on any atom is -0.283 e. The van der Waals surface area contributed by atoms with E-state index < -0.39 is 0 Å². The molecule has 1 aromatic carbocycles. The standard InChI is InChI=1S/C12H11N3/c1-2-9-7-13-12-14-10-5-3-4-6-11(10)15(12)8-9/h3-8H,2H2,1H3. The van der Waals surface area contributed by atoms with E-state index in [2.05, 4.69) is 29.2 Å². The van der Waals surface area contributed by atoms with E-state index in [4.69, 9.17) is 0 Å². The molecule has 0 fully saturated rings. The van der Waals surface area contributed by atoms with Crippen molar-refractivity contribution in [1.29, 1.82) is 0 Å². The third kappa shape index (κ3) is 1.20. The van der Waals surface area contributed by atoms with Crippen LogP contribution < -0.4 is 0 Å². The normalized spacial score (nSPS) is 11.3. The van der Waals surface area contributed by atoms with Gasteiger partial charge in [0.05, 0.1) is 11.0 Å². The molecule has 2 heterocycles. The third-order valence-electron chi connectivity index (χ3n) is 2.63. The summed E-state index contributed by atoms with van der Waals surface area (Å²) >= 11 is 0. The first-order valence-electron chi connectivity index (χ1n) is 5.10. The van der Waals surface area contributed by atoms with Crippen LogP contribution in [0.3, 0.4) is 0 Å². The molecule has 0 bridgehead atoms. The van der Waals surface area contributed by atoms with Crippen molar-refractivity contribution in [3.05, 3.63) is 42.2 Å². The van der Waals surface area contributed by atoms with Crippen LogP contribution in [0.2, 0.25) is 0 Å². The van der Waals surface area contributed by atoms with Crippen molar-refractivity contribution in [3.63, 3.8) is 0 Å². The Bertz CT molecular complexity index is 625. The Balaban J connectivity index is 2.46. The lowest BCUT2D eigenvalue weighted by Gasteiger charge is -1.97. The fourth-order valence-corrected chi connectivity index (χ4v) is 1.77. The van der Waals surface area contributed by atoms with Crippen molar-refractivity contribution in [2.24, 2.45) is 0 Å². The van der Waals surface area contributed by atoms with Crippen molar-refractivity contribution in [1.82, 2.24) is 14.4 Å². The second-order valence-corrected chi connectivity index (χ2v) is 3.59. The predicted molar refractivity (Wildman–Crippen MR) is 59.9 cm³/mol. The Hall–Kier alpha value is -1.90. The van der Waals surface area contributed by atoms with Gasteiger partial charge in [-0.05, 0) is 24.1 Å². The first-order valence-corrected chi connectivity index (χ1v) is 5.10. The molecule has 0 aliphatic rings. The number of imidazole rings is 1. The van der Waals surface area contributed by atoms with Crippen molar-refractivity contribution >= 4 is 16.8 Å². The second-order valence-electron chi connectivity index (χ2n) is 3.59. The number of nitrogens with zero attached hydrogens (tertiary/aromatic N) is 3. The lowest BCUT2D eigenvalue weighted by atomic mass is 10.3. The zero-order valence-corrected chi connectivity index (χ0v) is 8.51. The molecular formula is C12H11N3. The maximum Gasteiger partial charge on any atom is 0.234 e. The maximum absolute atomic E-state index is 4.44. The van der Waals surface area contributed by atoms with Crippen LogP contribution in [0, 0.1) is 0 Å². The number of aromatic nitrogens is 3.